The molecule has 0 bridgehead atoms. The van der Waals surface area contributed by atoms with Crippen LogP contribution in [0.5, 0.6) is 0 Å². The predicted octanol–water partition coefficient (Wildman–Crippen LogP) is 4.90. The van der Waals surface area contributed by atoms with Crippen LogP contribution in [0.3, 0.4) is 0 Å². The van der Waals surface area contributed by atoms with Gasteiger partial charge in [0, 0.05) is 15.6 Å². The maximum absolute atomic E-state index is 13.2. The third-order valence-electron chi connectivity index (χ3n) is 4.09. The summed E-state index contributed by atoms with van der Waals surface area (Å²) in [5, 5.41) is 3.24. The Kier molecular flexibility index (Phi) is 6.84. The van der Waals surface area contributed by atoms with Crippen LogP contribution in [0, 0.1) is 0 Å². The number of carbonyl (C=O) groups is 1. The summed E-state index contributed by atoms with van der Waals surface area (Å²) in [5.41, 5.74) is 0.960. The summed E-state index contributed by atoms with van der Waals surface area (Å²) < 4.78 is 27.5. The lowest BCUT2D eigenvalue weighted by atomic mass is 10.3. The number of halogens is 1. The molecule has 0 saturated carbocycles. The molecule has 0 saturated heterocycles. The summed E-state index contributed by atoms with van der Waals surface area (Å²) in [6.07, 6.45) is 1.94. The van der Waals surface area contributed by atoms with Gasteiger partial charge in [0.15, 0.2) is 0 Å². The van der Waals surface area contributed by atoms with Crippen LogP contribution in [0.15, 0.2) is 88.7 Å². The van der Waals surface area contributed by atoms with Crippen LogP contribution in [-0.2, 0) is 14.8 Å². The summed E-state index contributed by atoms with van der Waals surface area (Å²) in [4.78, 5) is 13.8. The van der Waals surface area contributed by atoms with Gasteiger partial charge in [-0.15, -0.1) is 11.8 Å². The summed E-state index contributed by atoms with van der Waals surface area (Å²) in [6.45, 7) is -0.373. The first-order valence-electron chi connectivity index (χ1n) is 8.67. The monoisotopic (exact) mass is 446 g/mol. The van der Waals surface area contributed by atoms with Crippen molar-refractivity contribution in [2.24, 2.45) is 0 Å². The van der Waals surface area contributed by atoms with Gasteiger partial charge in [-0.25, -0.2) is 8.42 Å². The molecule has 5 nitrogen and oxygen atoms in total. The second kappa shape index (κ2) is 9.35. The summed E-state index contributed by atoms with van der Waals surface area (Å²) in [6, 6.07) is 21.7. The number of thioether (sulfide) groups is 1. The molecule has 0 radical (unpaired) electrons. The third-order valence-corrected chi connectivity index (χ3v) is 6.85. The first-order chi connectivity index (χ1) is 13.9. The molecule has 0 fully saturated rings. The Morgan fingerprint density at radius 2 is 1.69 bits per heavy atom. The van der Waals surface area contributed by atoms with Crippen molar-refractivity contribution in [3.8, 4) is 0 Å². The number of hydrogen-bond donors (Lipinski definition) is 1. The molecule has 0 aliphatic rings. The van der Waals surface area contributed by atoms with Crippen molar-refractivity contribution < 1.29 is 13.2 Å². The van der Waals surface area contributed by atoms with E-state index in [1.807, 2.05) is 24.5 Å². The molecule has 0 heterocycles. The standard InChI is InChI=1S/C21H19ClN2O3S2/c1-28-19-7-5-6-17(14-19)23-21(25)15-24(18-12-10-16(22)11-13-18)29(26,27)20-8-3-2-4-9-20/h2-14H,15H2,1H3,(H,23,25). The minimum atomic E-state index is -3.94. The van der Waals surface area contributed by atoms with Crippen molar-refractivity contribution >= 4 is 50.7 Å². The van der Waals surface area contributed by atoms with Crippen LogP contribution in [0.1, 0.15) is 0 Å². The molecule has 1 amide bonds. The number of benzene rings is 3. The molecule has 3 rings (SSSR count). The Morgan fingerprint density at radius 1 is 1.00 bits per heavy atom. The van der Waals surface area contributed by atoms with Gasteiger partial charge in [-0.3, -0.25) is 9.10 Å². The number of nitrogens with one attached hydrogen (secondary N) is 1. The van der Waals surface area contributed by atoms with E-state index in [1.54, 1.807) is 60.3 Å². The van der Waals surface area contributed by atoms with E-state index in [9.17, 15) is 13.2 Å². The van der Waals surface area contributed by atoms with Crippen LogP contribution in [-0.4, -0.2) is 27.1 Å². The number of nitrogens with zero attached hydrogens (tertiary/aromatic N) is 1. The zero-order valence-corrected chi connectivity index (χ0v) is 18.0. The van der Waals surface area contributed by atoms with Crippen molar-refractivity contribution in [3.05, 3.63) is 83.9 Å². The normalized spacial score (nSPS) is 11.1. The fourth-order valence-corrected chi connectivity index (χ4v) is 4.70. The highest BCUT2D eigenvalue weighted by molar-refractivity contribution is 7.98. The van der Waals surface area contributed by atoms with Crippen molar-refractivity contribution in [2.45, 2.75) is 9.79 Å². The lowest BCUT2D eigenvalue weighted by Crippen LogP contribution is -2.38. The topological polar surface area (TPSA) is 66.5 Å². The molecule has 3 aromatic rings. The number of rotatable bonds is 7. The van der Waals surface area contributed by atoms with E-state index in [2.05, 4.69) is 5.32 Å². The largest absolute Gasteiger partial charge is 0.324 e. The fraction of sp³-hybridized carbons (Fsp3) is 0.0952. The Morgan fingerprint density at radius 3 is 2.34 bits per heavy atom. The Hall–Kier alpha value is -2.48. The van der Waals surface area contributed by atoms with Crippen molar-refractivity contribution in [3.63, 3.8) is 0 Å². The Labute approximate surface area is 179 Å². The van der Waals surface area contributed by atoms with E-state index in [0.717, 1.165) is 9.20 Å². The summed E-state index contributed by atoms with van der Waals surface area (Å²) >= 11 is 7.49. The molecule has 0 aliphatic heterocycles. The van der Waals surface area contributed by atoms with Crippen LogP contribution in [0.4, 0.5) is 11.4 Å². The van der Waals surface area contributed by atoms with Gasteiger partial charge in [0.1, 0.15) is 6.54 Å². The lowest BCUT2D eigenvalue weighted by Gasteiger charge is -2.24. The summed E-state index contributed by atoms with van der Waals surface area (Å²) in [5.74, 6) is -0.447. The highest BCUT2D eigenvalue weighted by atomic mass is 35.5. The van der Waals surface area contributed by atoms with Gasteiger partial charge in [-0.05, 0) is 60.9 Å². The van der Waals surface area contributed by atoms with Gasteiger partial charge in [-0.1, -0.05) is 35.9 Å². The van der Waals surface area contributed by atoms with Gasteiger partial charge in [0.2, 0.25) is 5.91 Å². The minimum absolute atomic E-state index is 0.104. The zero-order chi connectivity index (χ0) is 20.9. The van der Waals surface area contributed by atoms with Gasteiger partial charge >= 0.3 is 0 Å². The maximum Gasteiger partial charge on any atom is 0.264 e. The van der Waals surface area contributed by atoms with E-state index in [4.69, 9.17) is 11.6 Å². The van der Waals surface area contributed by atoms with Crippen LogP contribution in [0.25, 0.3) is 0 Å². The van der Waals surface area contributed by atoms with E-state index >= 15 is 0 Å². The number of anilines is 2. The number of hydrogen-bond acceptors (Lipinski definition) is 4. The second-order valence-electron chi connectivity index (χ2n) is 6.08. The molecule has 0 unspecified atom stereocenters. The quantitative estimate of drug-likeness (QED) is 0.524. The third kappa shape index (κ3) is 5.32. The van der Waals surface area contributed by atoms with Gasteiger partial charge in [0.05, 0.1) is 10.6 Å². The van der Waals surface area contributed by atoms with Crippen LogP contribution >= 0.6 is 23.4 Å². The molecule has 3 aromatic carbocycles. The number of sulfonamides is 1. The highest BCUT2D eigenvalue weighted by Crippen LogP contribution is 2.25. The molecule has 0 aromatic heterocycles. The molecule has 0 atom stereocenters. The SMILES string of the molecule is CSc1cccc(NC(=O)CN(c2ccc(Cl)cc2)S(=O)(=O)c2ccccc2)c1. The molecule has 150 valence electrons. The zero-order valence-electron chi connectivity index (χ0n) is 15.6. The Balaban J connectivity index is 1.91. The number of amides is 1. The van der Waals surface area contributed by atoms with E-state index in [0.29, 0.717) is 16.4 Å². The smallest absolute Gasteiger partial charge is 0.264 e. The molecule has 1 N–H and O–H groups in total. The van der Waals surface area contributed by atoms with Crippen molar-refractivity contribution in [2.75, 3.05) is 22.4 Å². The van der Waals surface area contributed by atoms with E-state index in [-0.39, 0.29) is 11.4 Å². The van der Waals surface area contributed by atoms with E-state index in [1.165, 1.54) is 12.1 Å². The first kappa shape index (κ1) is 21.2. The molecule has 29 heavy (non-hydrogen) atoms. The van der Waals surface area contributed by atoms with Crippen LogP contribution in [0.2, 0.25) is 5.02 Å². The first-order valence-corrected chi connectivity index (χ1v) is 11.7. The highest BCUT2D eigenvalue weighted by Gasteiger charge is 2.27. The molecule has 0 spiro atoms. The second-order valence-corrected chi connectivity index (χ2v) is 9.26. The Bertz CT molecular complexity index is 1090. The molecule has 8 heteroatoms. The van der Waals surface area contributed by atoms with Crippen molar-refractivity contribution in [1.29, 1.82) is 0 Å². The van der Waals surface area contributed by atoms with Gasteiger partial charge in [0.25, 0.3) is 10.0 Å². The van der Waals surface area contributed by atoms with Gasteiger partial charge in [-0.2, -0.15) is 0 Å². The summed E-state index contributed by atoms with van der Waals surface area (Å²) in [7, 11) is -3.94. The van der Waals surface area contributed by atoms with Gasteiger partial charge < -0.3 is 5.32 Å². The van der Waals surface area contributed by atoms with Crippen molar-refractivity contribution in [1.82, 2.24) is 0 Å². The number of carbonyl (C=O) groups excluding carboxylic acids is 1. The fourth-order valence-electron chi connectivity index (χ4n) is 2.67. The maximum atomic E-state index is 13.2. The lowest BCUT2D eigenvalue weighted by molar-refractivity contribution is -0.114. The average molecular weight is 447 g/mol. The molecular weight excluding hydrogens is 428 g/mol. The van der Waals surface area contributed by atoms with Crippen LogP contribution < -0.4 is 9.62 Å². The molecule has 0 aliphatic carbocycles. The predicted molar refractivity (Wildman–Crippen MR) is 119 cm³/mol. The minimum Gasteiger partial charge on any atom is -0.324 e. The molecular formula is C21H19ClN2O3S2. The average Bonchev–Trinajstić information content (AvgIpc) is 2.73. The van der Waals surface area contributed by atoms with E-state index < -0.39 is 15.9 Å².